The van der Waals surface area contributed by atoms with Crippen LogP contribution in [0.1, 0.15) is 24.1 Å². The highest BCUT2D eigenvalue weighted by atomic mass is 35.5. The van der Waals surface area contributed by atoms with E-state index >= 15 is 0 Å². The number of nitrogens with zero attached hydrogens (tertiary/aromatic N) is 2. The predicted molar refractivity (Wildman–Crippen MR) is 74.9 cm³/mol. The first-order chi connectivity index (χ1) is 8.56. The van der Waals surface area contributed by atoms with Crippen LogP contribution in [0.25, 0.3) is 0 Å². The molecule has 1 aromatic carbocycles. The number of hydrogen-bond acceptors (Lipinski definition) is 4. The summed E-state index contributed by atoms with van der Waals surface area (Å²) >= 11 is 7.67. The second-order valence-corrected chi connectivity index (χ2v) is 5.54. The van der Waals surface area contributed by atoms with Gasteiger partial charge in [0.15, 0.2) is 5.16 Å². The average molecular weight is 280 g/mol. The van der Waals surface area contributed by atoms with Crippen molar-refractivity contribution in [1.29, 1.82) is 0 Å². The number of hydrogen-bond donors (Lipinski definition) is 1. The molecule has 0 amide bonds. The molecule has 0 radical (unpaired) electrons. The molecule has 0 spiro atoms. The van der Waals surface area contributed by atoms with Gasteiger partial charge in [-0.25, -0.2) is 9.97 Å². The third-order valence-electron chi connectivity index (χ3n) is 2.44. The molecule has 0 aliphatic heterocycles. The van der Waals surface area contributed by atoms with Crippen LogP contribution in [0.5, 0.6) is 0 Å². The molecule has 1 aromatic heterocycles. The third-order valence-corrected chi connectivity index (χ3v) is 3.83. The van der Waals surface area contributed by atoms with Gasteiger partial charge in [-0.1, -0.05) is 17.7 Å². The average Bonchev–Trinajstić information content (AvgIpc) is 2.34. The van der Waals surface area contributed by atoms with Crippen molar-refractivity contribution in [2.24, 2.45) is 5.73 Å². The van der Waals surface area contributed by atoms with Gasteiger partial charge in [0.05, 0.1) is 5.02 Å². The molecule has 0 aliphatic rings. The number of aryl methyl sites for hydroxylation is 1. The lowest BCUT2D eigenvalue weighted by molar-refractivity contribution is 0.817. The summed E-state index contributed by atoms with van der Waals surface area (Å²) in [6.45, 7) is 3.89. The van der Waals surface area contributed by atoms with Crippen LogP contribution in [0.4, 0.5) is 0 Å². The summed E-state index contributed by atoms with van der Waals surface area (Å²) in [6, 6.07) is 5.81. The standard InChI is InChI=1S/C13H14ClN3S/c1-8-6-16-13(17-7-8)18-12-4-3-10(9(2)15)5-11(12)14/h3-7,9H,15H2,1-2H3. The molecule has 0 saturated heterocycles. The minimum absolute atomic E-state index is 0.0165. The Morgan fingerprint density at radius 2 is 1.94 bits per heavy atom. The molecule has 94 valence electrons. The molecule has 2 aromatic rings. The number of benzene rings is 1. The van der Waals surface area contributed by atoms with E-state index in [1.165, 1.54) is 11.8 Å². The summed E-state index contributed by atoms with van der Waals surface area (Å²) in [4.78, 5) is 9.42. The largest absolute Gasteiger partial charge is 0.324 e. The highest BCUT2D eigenvalue weighted by Gasteiger charge is 2.07. The Balaban J connectivity index is 2.22. The lowest BCUT2D eigenvalue weighted by Crippen LogP contribution is -2.04. The molecule has 1 heterocycles. The Morgan fingerprint density at radius 3 is 2.50 bits per heavy atom. The van der Waals surface area contributed by atoms with Crippen molar-refractivity contribution in [3.63, 3.8) is 0 Å². The molecule has 0 saturated carbocycles. The van der Waals surface area contributed by atoms with E-state index in [9.17, 15) is 0 Å². The highest BCUT2D eigenvalue weighted by molar-refractivity contribution is 7.99. The molecular formula is C13H14ClN3S. The van der Waals surface area contributed by atoms with Crippen LogP contribution in [0, 0.1) is 6.92 Å². The number of rotatable bonds is 3. The van der Waals surface area contributed by atoms with Crippen molar-refractivity contribution in [1.82, 2.24) is 9.97 Å². The van der Waals surface area contributed by atoms with Crippen molar-refractivity contribution in [3.05, 3.63) is 46.7 Å². The predicted octanol–water partition coefficient (Wildman–Crippen LogP) is 3.61. The van der Waals surface area contributed by atoms with E-state index in [1.54, 1.807) is 12.4 Å². The third kappa shape index (κ3) is 3.22. The van der Waals surface area contributed by atoms with Gasteiger partial charge in [-0.05, 0) is 48.9 Å². The van der Waals surface area contributed by atoms with Gasteiger partial charge in [0, 0.05) is 23.3 Å². The summed E-state index contributed by atoms with van der Waals surface area (Å²) in [6.07, 6.45) is 3.58. The molecule has 3 nitrogen and oxygen atoms in total. The fourth-order valence-electron chi connectivity index (χ4n) is 1.41. The molecule has 0 bridgehead atoms. The zero-order valence-corrected chi connectivity index (χ0v) is 11.8. The fourth-order valence-corrected chi connectivity index (χ4v) is 2.42. The van der Waals surface area contributed by atoms with Gasteiger partial charge in [0.2, 0.25) is 0 Å². The van der Waals surface area contributed by atoms with E-state index in [4.69, 9.17) is 17.3 Å². The molecule has 0 fully saturated rings. The molecule has 1 atom stereocenters. The van der Waals surface area contributed by atoms with E-state index in [0.29, 0.717) is 10.2 Å². The number of halogens is 1. The SMILES string of the molecule is Cc1cnc(Sc2ccc(C(C)N)cc2Cl)nc1. The number of nitrogens with two attached hydrogens (primary N) is 1. The monoisotopic (exact) mass is 279 g/mol. The highest BCUT2D eigenvalue weighted by Crippen LogP contribution is 2.32. The molecule has 5 heteroatoms. The normalized spacial score (nSPS) is 12.4. The van der Waals surface area contributed by atoms with Gasteiger partial charge in [0.1, 0.15) is 0 Å². The van der Waals surface area contributed by atoms with Gasteiger partial charge in [-0.15, -0.1) is 0 Å². The maximum absolute atomic E-state index is 6.22. The zero-order valence-electron chi connectivity index (χ0n) is 10.2. The Labute approximate surface area is 116 Å². The van der Waals surface area contributed by atoms with Crippen molar-refractivity contribution in [2.75, 3.05) is 0 Å². The first kappa shape index (κ1) is 13.3. The zero-order chi connectivity index (χ0) is 13.1. The van der Waals surface area contributed by atoms with E-state index in [1.807, 2.05) is 32.0 Å². The van der Waals surface area contributed by atoms with E-state index in [2.05, 4.69) is 9.97 Å². The van der Waals surface area contributed by atoms with E-state index in [-0.39, 0.29) is 6.04 Å². The van der Waals surface area contributed by atoms with Crippen LogP contribution < -0.4 is 5.73 Å². The lowest BCUT2D eigenvalue weighted by Gasteiger charge is -2.08. The Hall–Kier alpha value is -1.10. The minimum Gasteiger partial charge on any atom is -0.324 e. The van der Waals surface area contributed by atoms with Crippen molar-refractivity contribution < 1.29 is 0 Å². The maximum atomic E-state index is 6.22. The van der Waals surface area contributed by atoms with Crippen LogP contribution in [0.3, 0.4) is 0 Å². The molecule has 2 rings (SSSR count). The summed E-state index contributed by atoms with van der Waals surface area (Å²) in [7, 11) is 0. The first-order valence-electron chi connectivity index (χ1n) is 5.58. The first-order valence-corrected chi connectivity index (χ1v) is 6.77. The summed E-state index contributed by atoms with van der Waals surface area (Å²) < 4.78 is 0. The molecule has 2 N–H and O–H groups in total. The molecular weight excluding hydrogens is 266 g/mol. The van der Waals surface area contributed by atoms with Crippen molar-refractivity contribution in [3.8, 4) is 0 Å². The summed E-state index contributed by atoms with van der Waals surface area (Å²) in [5, 5.41) is 1.37. The second kappa shape index (κ2) is 5.69. The Morgan fingerprint density at radius 1 is 1.28 bits per heavy atom. The molecule has 0 aliphatic carbocycles. The van der Waals surface area contributed by atoms with Gasteiger partial charge >= 0.3 is 0 Å². The van der Waals surface area contributed by atoms with Gasteiger partial charge in [-0.2, -0.15) is 0 Å². The van der Waals surface area contributed by atoms with Crippen LogP contribution in [-0.2, 0) is 0 Å². The Bertz CT molecular complexity index is 540. The van der Waals surface area contributed by atoms with Crippen LogP contribution in [0.15, 0.2) is 40.6 Å². The summed E-state index contributed by atoms with van der Waals surface area (Å²) in [5.41, 5.74) is 7.87. The van der Waals surface area contributed by atoms with Crippen LogP contribution in [-0.4, -0.2) is 9.97 Å². The summed E-state index contributed by atoms with van der Waals surface area (Å²) in [5.74, 6) is 0. The van der Waals surface area contributed by atoms with Gasteiger partial charge in [-0.3, -0.25) is 0 Å². The van der Waals surface area contributed by atoms with E-state index < -0.39 is 0 Å². The smallest absolute Gasteiger partial charge is 0.192 e. The van der Waals surface area contributed by atoms with Crippen molar-refractivity contribution >= 4 is 23.4 Å². The van der Waals surface area contributed by atoms with Crippen molar-refractivity contribution in [2.45, 2.75) is 29.9 Å². The van der Waals surface area contributed by atoms with Crippen LogP contribution in [0.2, 0.25) is 5.02 Å². The Kier molecular flexibility index (Phi) is 4.22. The fraction of sp³-hybridized carbons (Fsp3) is 0.231. The quantitative estimate of drug-likeness (QED) is 0.872. The van der Waals surface area contributed by atoms with Gasteiger partial charge in [0.25, 0.3) is 0 Å². The molecule has 1 unspecified atom stereocenters. The van der Waals surface area contributed by atoms with E-state index in [0.717, 1.165) is 16.0 Å². The van der Waals surface area contributed by atoms with Crippen LogP contribution >= 0.6 is 23.4 Å². The van der Waals surface area contributed by atoms with Gasteiger partial charge < -0.3 is 5.73 Å². The maximum Gasteiger partial charge on any atom is 0.192 e. The number of aromatic nitrogens is 2. The topological polar surface area (TPSA) is 51.8 Å². The second-order valence-electron chi connectivity index (χ2n) is 4.12. The molecule has 18 heavy (non-hydrogen) atoms. The minimum atomic E-state index is -0.0165. The lowest BCUT2D eigenvalue weighted by atomic mass is 10.1.